The van der Waals surface area contributed by atoms with Crippen molar-refractivity contribution in [3.05, 3.63) is 179 Å². The summed E-state index contributed by atoms with van der Waals surface area (Å²) in [5.41, 5.74) is 4.83. The van der Waals surface area contributed by atoms with E-state index < -0.39 is 61.4 Å². The maximum Gasteiger partial charge on any atom is 0.187 e. The maximum absolute atomic E-state index is 11.5. The molecule has 5 aromatic rings. The lowest BCUT2D eigenvalue weighted by atomic mass is 9.96. The first-order valence-corrected chi connectivity index (χ1v) is 19.6. The molecule has 10 atom stereocenters. The number of rotatable bonds is 18. The summed E-state index contributed by atoms with van der Waals surface area (Å²) in [4.78, 5) is 0. The molecule has 2 N–H and O–H groups in total. The van der Waals surface area contributed by atoms with Gasteiger partial charge in [-0.1, -0.05) is 152 Å². The second-order valence-electron chi connectivity index (χ2n) is 14.4. The Kier molecular flexibility index (Phi) is 15.0. The zero-order chi connectivity index (χ0) is 39.2. The summed E-state index contributed by atoms with van der Waals surface area (Å²) in [6.07, 6.45) is -9.63. The molecule has 0 radical (unpaired) electrons. The van der Waals surface area contributed by atoms with Crippen molar-refractivity contribution in [2.24, 2.45) is 0 Å². The highest BCUT2D eigenvalue weighted by Gasteiger charge is 2.53. The second-order valence-corrected chi connectivity index (χ2v) is 14.4. The molecule has 5 aromatic carbocycles. The first kappa shape index (κ1) is 40.9. The van der Waals surface area contributed by atoms with E-state index in [-0.39, 0.29) is 33.0 Å². The molecule has 2 saturated heterocycles. The monoisotopic (exact) mass is 776 g/mol. The highest BCUT2D eigenvalue weighted by Crippen LogP contribution is 2.35. The summed E-state index contributed by atoms with van der Waals surface area (Å²) < 4.78 is 52.6. The zero-order valence-electron chi connectivity index (χ0n) is 32.1. The Morgan fingerprint density at radius 3 is 1.28 bits per heavy atom. The van der Waals surface area contributed by atoms with Crippen LogP contribution in [0.2, 0.25) is 0 Å². The van der Waals surface area contributed by atoms with Crippen LogP contribution in [0.3, 0.4) is 0 Å². The van der Waals surface area contributed by atoms with Gasteiger partial charge in [-0.2, -0.15) is 0 Å². The van der Waals surface area contributed by atoms with E-state index in [1.54, 1.807) is 6.92 Å². The van der Waals surface area contributed by atoms with Gasteiger partial charge in [0.05, 0.1) is 45.7 Å². The van der Waals surface area contributed by atoms with E-state index in [9.17, 15) is 10.2 Å². The van der Waals surface area contributed by atoms with Crippen LogP contribution >= 0.6 is 0 Å². The van der Waals surface area contributed by atoms with Gasteiger partial charge in [0.1, 0.15) is 42.7 Å². The molecule has 7 rings (SSSR count). The lowest BCUT2D eigenvalue weighted by Gasteiger charge is -2.49. The third kappa shape index (κ3) is 11.4. The van der Waals surface area contributed by atoms with Crippen LogP contribution in [0, 0.1) is 0 Å². The van der Waals surface area contributed by atoms with E-state index >= 15 is 0 Å². The number of hydrogen-bond donors (Lipinski definition) is 2. The molecule has 2 heterocycles. The van der Waals surface area contributed by atoms with E-state index in [0.29, 0.717) is 6.61 Å². The molecule has 57 heavy (non-hydrogen) atoms. The number of ether oxygens (including phenoxy) is 8. The normalized spacial score (nSPS) is 27.6. The minimum Gasteiger partial charge on any atom is -0.385 e. The third-order valence-corrected chi connectivity index (χ3v) is 10.2. The maximum atomic E-state index is 11.5. The predicted molar refractivity (Wildman–Crippen MR) is 212 cm³/mol. The summed E-state index contributed by atoms with van der Waals surface area (Å²) in [6.45, 7) is 3.24. The van der Waals surface area contributed by atoms with Crippen molar-refractivity contribution < 1.29 is 48.1 Å². The molecular weight excluding hydrogens is 725 g/mol. The first-order valence-electron chi connectivity index (χ1n) is 19.6. The Morgan fingerprint density at radius 1 is 0.439 bits per heavy atom. The van der Waals surface area contributed by atoms with Crippen molar-refractivity contribution in [3.63, 3.8) is 0 Å². The lowest BCUT2D eigenvalue weighted by molar-refractivity contribution is -0.369. The van der Waals surface area contributed by atoms with Gasteiger partial charge in [0.25, 0.3) is 0 Å². The fourth-order valence-corrected chi connectivity index (χ4v) is 7.17. The van der Waals surface area contributed by atoms with Crippen molar-refractivity contribution >= 4 is 0 Å². The molecule has 0 amide bonds. The highest BCUT2D eigenvalue weighted by molar-refractivity contribution is 5.17. The van der Waals surface area contributed by atoms with Crippen LogP contribution in [0.5, 0.6) is 0 Å². The smallest absolute Gasteiger partial charge is 0.187 e. The van der Waals surface area contributed by atoms with Crippen LogP contribution in [0.1, 0.15) is 34.7 Å². The molecule has 10 nitrogen and oxygen atoms in total. The van der Waals surface area contributed by atoms with Crippen LogP contribution < -0.4 is 0 Å². The fraction of sp³-hybridized carbons (Fsp3) is 0.362. The largest absolute Gasteiger partial charge is 0.385 e. The van der Waals surface area contributed by atoms with E-state index in [2.05, 4.69) is 0 Å². The molecule has 2 aliphatic rings. The average molecular weight is 777 g/mol. The Morgan fingerprint density at radius 2 is 0.825 bits per heavy atom. The molecular formula is C47H52O10. The summed E-state index contributed by atoms with van der Waals surface area (Å²) in [7, 11) is 0. The number of aliphatic hydroxyl groups is 2. The molecule has 300 valence electrons. The van der Waals surface area contributed by atoms with Crippen LogP contribution in [0.15, 0.2) is 152 Å². The van der Waals surface area contributed by atoms with Gasteiger partial charge in [-0.05, 0) is 34.7 Å². The van der Waals surface area contributed by atoms with Crippen molar-refractivity contribution in [2.75, 3.05) is 6.61 Å². The number of benzene rings is 5. The lowest BCUT2D eigenvalue weighted by Crippen LogP contribution is -2.65. The molecule has 0 unspecified atom stereocenters. The summed E-state index contributed by atoms with van der Waals surface area (Å²) in [5.74, 6) is 0. The molecule has 2 fully saturated rings. The van der Waals surface area contributed by atoms with Gasteiger partial charge in [-0.15, -0.1) is 0 Å². The van der Waals surface area contributed by atoms with Gasteiger partial charge in [0.15, 0.2) is 12.6 Å². The van der Waals surface area contributed by atoms with E-state index in [1.807, 2.05) is 152 Å². The van der Waals surface area contributed by atoms with Crippen LogP contribution in [0.25, 0.3) is 0 Å². The average Bonchev–Trinajstić information content (AvgIpc) is 3.25. The van der Waals surface area contributed by atoms with Gasteiger partial charge >= 0.3 is 0 Å². The number of aliphatic hydroxyl groups excluding tert-OH is 2. The summed E-state index contributed by atoms with van der Waals surface area (Å²) >= 11 is 0. The quantitative estimate of drug-likeness (QED) is 0.0991. The van der Waals surface area contributed by atoms with Gasteiger partial charge in [-0.25, -0.2) is 0 Å². The van der Waals surface area contributed by atoms with Gasteiger partial charge in [-0.3, -0.25) is 0 Å². The van der Waals surface area contributed by atoms with Crippen molar-refractivity contribution in [1.29, 1.82) is 0 Å². The van der Waals surface area contributed by atoms with Crippen molar-refractivity contribution in [2.45, 2.75) is 101 Å². The zero-order valence-corrected chi connectivity index (χ0v) is 32.1. The van der Waals surface area contributed by atoms with Crippen molar-refractivity contribution in [1.82, 2.24) is 0 Å². The Balaban J connectivity index is 1.23. The molecule has 0 spiro atoms. The second kappa shape index (κ2) is 20.9. The minimum absolute atomic E-state index is 0.133. The van der Waals surface area contributed by atoms with Gasteiger partial charge < -0.3 is 48.1 Å². The minimum atomic E-state index is -1.52. The molecule has 0 saturated carbocycles. The first-order chi connectivity index (χ1) is 28.0. The topological polar surface area (TPSA) is 114 Å². The van der Waals surface area contributed by atoms with E-state index in [1.165, 1.54) is 0 Å². The van der Waals surface area contributed by atoms with Crippen molar-refractivity contribution in [3.8, 4) is 0 Å². The van der Waals surface area contributed by atoms with E-state index in [0.717, 1.165) is 27.8 Å². The highest BCUT2D eigenvalue weighted by atomic mass is 16.7. The Bertz CT molecular complexity index is 1850. The molecule has 2 aliphatic heterocycles. The van der Waals surface area contributed by atoms with Crippen LogP contribution in [-0.2, 0) is 70.9 Å². The summed E-state index contributed by atoms with van der Waals surface area (Å²) in [5, 5.41) is 22.4. The van der Waals surface area contributed by atoms with Gasteiger partial charge in [0.2, 0.25) is 0 Å². The standard InChI is InChI=1S/C47H52O10/c1-33-41(51-28-35-19-9-3-10-20-35)43(40(48)46(49)55-33)57-47-45(54-31-38-25-15-6-16-26-38)44(53-30-37-23-13-5-14-24-37)42(52-29-36-21-11-4-12-22-36)39(56-47)32-50-27-34-17-7-2-8-18-34/h2-26,33,39-49H,27-32H2,1H3/t33-,39+,40+,41-,42+,43-,44-,45+,46+,47-/m0/s1. The number of hydrogen-bond acceptors (Lipinski definition) is 10. The Labute approximate surface area is 334 Å². The summed E-state index contributed by atoms with van der Waals surface area (Å²) in [6, 6.07) is 49.3. The molecule has 0 aliphatic carbocycles. The van der Waals surface area contributed by atoms with Crippen LogP contribution in [-0.4, -0.2) is 78.2 Å². The third-order valence-electron chi connectivity index (χ3n) is 10.2. The molecule has 10 heteroatoms. The SMILES string of the molecule is C[C@@H]1O[C@@H](O)[C@H](O)[C@H](O[C@@H]2O[C@H](COCc3ccccc3)[C@@H](OCc3ccccc3)[C@H](OCc3ccccc3)[C@H]2OCc2ccccc2)[C@H]1OCc1ccccc1. The molecule has 0 aromatic heterocycles. The fourth-order valence-electron chi connectivity index (χ4n) is 7.17. The van der Waals surface area contributed by atoms with Gasteiger partial charge in [0, 0.05) is 0 Å². The Hall–Kier alpha value is -4.30. The molecule has 0 bridgehead atoms. The van der Waals surface area contributed by atoms with E-state index in [4.69, 9.17) is 37.9 Å². The predicted octanol–water partition coefficient (Wildman–Crippen LogP) is 6.75. The van der Waals surface area contributed by atoms with Crippen LogP contribution in [0.4, 0.5) is 0 Å².